The Morgan fingerprint density at radius 3 is 2.58 bits per heavy atom. The Hall–Kier alpha value is -3.21. The minimum Gasteiger partial charge on any atom is -0.496 e. The van der Waals surface area contributed by atoms with E-state index in [1.54, 1.807) is 7.11 Å². The van der Waals surface area contributed by atoms with Gasteiger partial charge in [-0.25, -0.2) is 0 Å². The molecule has 3 saturated carbocycles. The molecule has 0 spiro atoms. The molecule has 2 aromatic heterocycles. The summed E-state index contributed by atoms with van der Waals surface area (Å²) in [7, 11) is 1.69. The number of aryl methyl sites for hydroxylation is 1. The molecule has 2 unspecified atom stereocenters. The number of nitrogens with zero attached hydrogens (tertiary/aromatic N) is 2. The maximum absolute atomic E-state index is 13.7. The van der Waals surface area contributed by atoms with Crippen LogP contribution in [-0.2, 0) is 6.54 Å². The number of hydrogen-bond donors (Lipinski definition) is 0. The molecule has 1 amide bonds. The molecule has 3 atom stereocenters. The quantitative estimate of drug-likeness (QED) is 0.270. The number of fused-ring (bicyclic) bond motifs is 4. The van der Waals surface area contributed by atoms with Gasteiger partial charge in [0.2, 0.25) is 0 Å². The number of carbonyl (C=O) groups excluding carboxylic acids is 1. The van der Waals surface area contributed by atoms with Gasteiger partial charge in [0.05, 0.1) is 18.2 Å². The average Bonchev–Trinajstić information content (AvgIpc) is 3.84. The van der Waals surface area contributed by atoms with Gasteiger partial charge in [-0.05, 0) is 98.9 Å². The average molecular weight is 509 g/mol. The predicted octanol–water partition coefficient (Wildman–Crippen LogP) is 7.53. The molecular formula is C33H36N2O3. The summed E-state index contributed by atoms with van der Waals surface area (Å²) in [4.78, 5) is 15.8. The lowest BCUT2D eigenvalue weighted by atomic mass is 10.0. The van der Waals surface area contributed by atoms with Crippen molar-refractivity contribution in [3.05, 3.63) is 53.1 Å². The first-order chi connectivity index (χ1) is 18.5. The molecule has 38 heavy (non-hydrogen) atoms. The van der Waals surface area contributed by atoms with Gasteiger partial charge in [0, 0.05) is 41.2 Å². The van der Waals surface area contributed by atoms with E-state index in [-0.39, 0.29) is 5.91 Å². The molecule has 0 radical (unpaired) electrons. The zero-order chi connectivity index (χ0) is 25.7. The number of carbonyl (C=O) groups is 1. The molecule has 2 aromatic carbocycles. The lowest BCUT2D eigenvalue weighted by molar-refractivity contribution is 0.0695. The van der Waals surface area contributed by atoms with Gasteiger partial charge in [-0.15, -0.1) is 0 Å². The van der Waals surface area contributed by atoms with Crippen LogP contribution in [0.1, 0.15) is 72.9 Å². The summed E-state index contributed by atoms with van der Waals surface area (Å²) in [5.74, 6) is 4.43. The topological polar surface area (TPSA) is 47.6 Å². The number of amides is 1. The second kappa shape index (κ2) is 8.14. The molecule has 0 N–H and O–H groups in total. The van der Waals surface area contributed by atoms with Crippen LogP contribution in [0.2, 0.25) is 0 Å². The minimum atomic E-state index is 0.107. The van der Waals surface area contributed by atoms with Crippen molar-refractivity contribution in [3.8, 4) is 17.2 Å². The van der Waals surface area contributed by atoms with E-state index < -0.39 is 0 Å². The fourth-order valence-corrected chi connectivity index (χ4v) is 7.46. The molecular weight excluding hydrogens is 472 g/mol. The van der Waals surface area contributed by atoms with Crippen LogP contribution in [0.4, 0.5) is 0 Å². The Labute approximate surface area is 223 Å². The van der Waals surface area contributed by atoms with Crippen molar-refractivity contribution in [1.82, 2.24) is 9.47 Å². The third-order valence-corrected chi connectivity index (χ3v) is 10.1. The van der Waals surface area contributed by atoms with E-state index >= 15 is 0 Å². The van der Waals surface area contributed by atoms with Crippen LogP contribution >= 0.6 is 0 Å². The summed E-state index contributed by atoms with van der Waals surface area (Å²) in [5, 5.41) is 2.24. The van der Waals surface area contributed by atoms with Crippen molar-refractivity contribution < 1.29 is 13.9 Å². The van der Waals surface area contributed by atoms with E-state index in [4.69, 9.17) is 9.15 Å². The van der Waals surface area contributed by atoms with Crippen LogP contribution in [0.25, 0.3) is 33.3 Å². The van der Waals surface area contributed by atoms with E-state index in [9.17, 15) is 4.79 Å². The molecule has 5 nitrogen and oxygen atoms in total. The number of hydrogen-bond acceptors (Lipinski definition) is 3. The fraction of sp³-hybridized carbons (Fsp3) is 0.485. The normalized spacial score (nSPS) is 24.7. The number of methoxy groups -OCH3 is 1. The smallest absolute Gasteiger partial charge is 0.254 e. The number of piperidine rings is 1. The SMILES string of the molecule is COc1cc(C(=O)N2CC3CCC2[C@@H]3C)cc2oc(-c3cc4ccc(C5CC5)cc4n3CC3CC3)c(C)c12. The van der Waals surface area contributed by atoms with Gasteiger partial charge in [-0.3, -0.25) is 4.79 Å². The monoisotopic (exact) mass is 508 g/mol. The Kier molecular flexibility index (Phi) is 4.87. The van der Waals surface area contributed by atoms with Crippen molar-refractivity contribution in [1.29, 1.82) is 0 Å². The summed E-state index contributed by atoms with van der Waals surface area (Å²) < 4.78 is 15.0. The molecule has 4 aliphatic rings. The summed E-state index contributed by atoms with van der Waals surface area (Å²) >= 11 is 0. The van der Waals surface area contributed by atoms with Gasteiger partial charge < -0.3 is 18.6 Å². The van der Waals surface area contributed by atoms with Crippen molar-refractivity contribution in [2.24, 2.45) is 17.8 Å². The van der Waals surface area contributed by atoms with Crippen LogP contribution in [-0.4, -0.2) is 35.1 Å². The molecule has 3 heterocycles. The highest BCUT2D eigenvalue weighted by atomic mass is 16.5. The number of ether oxygens (including phenoxy) is 1. The van der Waals surface area contributed by atoms with Crippen LogP contribution in [0.5, 0.6) is 5.75 Å². The highest BCUT2D eigenvalue weighted by Crippen LogP contribution is 2.46. The number of benzene rings is 2. The molecule has 5 heteroatoms. The summed E-state index contributed by atoms with van der Waals surface area (Å²) in [6, 6.07) is 13.5. The lowest BCUT2D eigenvalue weighted by Gasteiger charge is -2.27. The lowest BCUT2D eigenvalue weighted by Crippen LogP contribution is -2.38. The summed E-state index contributed by atoms with van der Waals surface area (Å²) in [5.41, 5.74) is 6.40. The number of likely N-dealkylation sites (tertiary alicyclic amines) is 1. The van der Waals surface area contributed by atoms with Gasteiger partial charge in [0.15, 0.2) is 5.76 Å². The molecule has 1 saturated heterocycles. The number of furan rings is 1. The molecule has 196 valence electrons. The number of aromatic nitrogens is 1. The third-order valence-electron chi connectivity index (χ3n) is 10.1. The zero-order valence-corrected chi connectivity index (χ0v) is 22.6. The van der Waals surface area contributed by atoms with Crippen LogP contribution in [0.3, 0.4) is 0 Å². The van der Waals surface area contributed by atoms with E-state index in [1.807, 2.05) is 12.1 Å². The predicted molar refractivity (Wildman–Crippen MR) is 150 cm³/mol. The fourth-order valence-electron chi connectivity index (χ4n) is 7.46. The molecule has 3 aliphatic carbocycles. The molecule has 4 fully saturated rings. The zero-order valence-electron chi connectivity index (χ0n) is 22.6. The van der Waals surface area contributed by atoms with Gasteiger partial charge >= 0.3 is 0 Å². The number of rotatable bonds is 6. The second-order valence-electron chi connectivity index (χ2n) is 12.5. The van der Waals surface area contributed by atoms with Crippen molar-refractivity contribution in [2.75, 3.05) is 13.7 Å². The standard InChI is InChI=1S/C33H36N2O3/c1-18-24-10-11-26(18)35(17-24)33(36)25-14-29(37-3)31-19(2)32(38-30(31)15-25)28-13-23-9-8-22(21-6-7-21)12-27(23)34(28)16-20-4-5-20/h8-9,12-15,18,20-21,24,26H,4-7,10-11,16-17H2,1-3H3/t18-,24?,26?/m1/s1. The Morgan fingerprint density at radius 2 is 1.89 bits per heavy atom. The van der Waals surface area contributed by atoms with Gasteiger partial charge in [-0.1, -0.05) is 19.1 Å². The molecule has 1 aliphatic heterocycles. The highest BCUT2D eigenvalue weighted by molar-refractivity contribution is 6.02. The molecule has 2 bridgehead atoms. The molecule has 4 aromatic rings. The maximum Gasteiger partial charge on any atom is 0.254 e. The molecule has 8 rings (SSSR count). The van der Waals surface area contributed by atoms with Crippen molar-refractivity contribution >= 4 is 27.8 Å². The first-order valence-corrected chi connectivity index (χ1v) is 14.6. The Balaban J connectivity index is 1.25. The summed E-state index contributed by atoms with van der Waals surface area (Å²) in [6.07, 6.45) is 7.59. The van der Waals surface area contributed by atoms with E-state index in [2.05, 4.69) is 47.6 Å². The first-order valence-electron chi connectivity index (χ1n) is 14.6. The van der Waals surface area contributed by atoms with Gasteiger partial charge in [0.25, 0.3) is 5.91 Å². The van der Waals surface area contributed by atoms with Crippen LogP contribution in [0, 0.1) is 24.7 Å². The van der Waals surface area contributed by atoms with E-state index in [1.165, 1.54) is 48.6 Å². The Morgan fingerprint density at radius 1 is 1.05 bits per heavy atom. The maximum atomic E-state index is 13.7. The summed E-state index contributed by atoms with van der Waals surface area (Å²) in [6.45, 7) is 6.33. The van der Waals surface area contributed by atoms with Crippen LogP contribution in [0.15, 0.2) is 40.8 Å². The largest absolute Gasteiger partial charge is 0.496 e. The minimum absolute atomic E-state index is 0.107. The first kappa shape index (κ1) is 22.7. The van der Waals surface area contributed by atoms with E-state index in [0.717, 1.165) is 65.1 Å². The van der Waals surface area contributed by atoms with Crippen LogP contribution < -0.4 is 4.74 Å². The van der Waals surface area contributed by atoms with Crippen molar-refractivity contribution in [2.45, 2.75) is 70.9 Å². The Bertz CT molecular complexity index is 1600. The third kappa shape index (κ3) is 3.40. The van der Waals surface area contributed by atoms with Gasteiger partial charge in [0.1, 0.15) is 11.3 Å². The van der Waals surface area contributed by atoms with E-state index in [0.29, 0.717) is 23.4 Å². The highest BCUT2D eigenvalue weighted by Gasteiger charge is 2.46. The van der Waals surface area contributed by atoms with Gasteiger partial charge in [-0.2, -0.15) is 0 Å². The van der Waals surface area contributed by atoms with Crippen molar-refractivity contribution in [3.63, 3.8) is 0 Å². The second-order valence-corrected chi connectivity index (χ2v) is 12.5.